The number of benzene rings is 2. The van der Waals surface area contributed by atoms with Crippen molar-refractivity contribution >= 4 is 45.0 Å². The normalized spacial score (nSPS) is 24.1. The van der Waals surface area contributed by atoms with E-state index >= 15 is 4.39 Å². The molecule has 3 saturated heterocycles. The maximum Gasteiger partial charge on any atom is 0.319 e. The number of furan rings is 1. The monoisotopic (exact) mass is 575 g/mol. The van der Waals surface area contributed by atoms with Crippen LogP contribution in [0, 0.1) is 30.0 Å². The fourth-order valence-electron chi connectivity index (χ4n) is 6.87. The molecule has 2 aromatic carbocycles. The van der Waals surface area contributed by atoms with E-state index in [1.165, 1.54) is 0 Å². The zero-order valence-corrected chi connectivity index (χ0v) is 23.9. The molecule has 3 aliphatic rings. The van der Waals surface area contributed by atoms with Crippen molar-refractivity contribution in [3.8, 4) is 23.2 Å². The summed E-state index contributed by atoms with van der Waals surface area (Å²) in [5.41, 5.74) is 7.66. The number of hydrogen-bond donors (Lipinski definition) is 2. The summed E-state index contributed by atoms with van der Waals surface area (Å²) in [6, 6.07) is 8.23. The number of nitriles is 1. The molecule has 11 heteroatoms. The van der Waals surface area contributed by atoms with Gasteiger partial charge in [0.05, 0.1) is 16.3 Å². The number of anilines is 2. The Balaban J connectivity index is 1.42. The van der Waals surface area contributed by atoms with Crippen molar-refractivity contribution in [3.05, 3.63) is 40.4 Å². The van der Waals surface area contributed by atoms with Crippen molar-refractivity contribution in [1.29, 1.82) is 5.26 Å². The van der Waals surface area contributed by atoms with Gasteiger partial charge in [0.25, 0.3) is 0 Å². The second kappa shape index (κ2) is 9.72. The summed E-state index contributed by atoms with van der Waals surface area (Å²) in [6.07, 6.45) is 2.19. The fourth-order valence-corrected chi connectivity index (χ4v) is 7.16. The molecule has 3 N–H and O–H groups in total. The van der Waals surface area contributed by atoms with Crippen LogP contribution in [0.4, 0.5) is 15.9 Å². The molecule has 3 aliphatic heterocycles. The van der Waals surface area contributed by atoms with Gasteiger partial charge in [0.2, 0.25) is 0 Å². The van der Waals surface area contributed by atoms with E-state index in [0.717, 1.165) is 32.5 Å². The van der Waals surface area contributed by atoms with Crippen LogP contribution in [-0.2, 0) is 0 Å². The third-order valence-electron chi connectivity index (χ3n) is 8.97. The number of nitrogens with two attached hydrogens (primary N) is 1. The lowest BCUT2D eigenvalue weighted by atomic mass is 9.92. The molecule has 41 heavy (non-hydrogen) atoms. The summed E-state index contributed by atoms with van der Waals surface area (Å²) < 4.78 is 28.9. The van der Waals surface area contributed by atoms with E-state index in [1.807, 2.05) is 0 Å². The standard InChI is InChI=1S/C30H31ClFN7O2/c1-14-10-38(3)22(14)13-40-30-36-28-18(29(37-30)39-11-16-4-5-17(12-39)35-16)8-20(31)26(27(28)32)24-15(2)41-23-7-6-21(34)19(9-33)25(23)24/h6-8,14,16-17,22,35H,4-5,10-13,34H2,1-3H3/t14-,16?,17?,22-/m1/s1. The molecule has 212 valence electrons. The predicted octanol–water partition coefficient (Wildman–Crippen LogP) is 4.87. The van der Waals surface area contributed by atoms with Gasteiger partial charge < -0.3 is 25.1 Å². The van der Waals surface area contributed by atoms with Gasteiger partial charge in [-0.25, -0.2) is 4.39 Å². The number of likely N-dealkylation sites (tertiary alicyclic amines) is 1. The minimum Gasteiger partial charge on any atom is -0.462 e. The van der Waals surface area contributed by atoms with Crippen LogP contribution in [0.2, 0.25) is 5.02 Å². The summed E-state index contributed by atoms with van der Waals surface area (Å²) >= 11 is 6.87. The predicted molar refractivity (Wildman–Crippen MR) is 157 cm³/mol. The van der Waals surface area contributed by atoms with E-state index in [9.17, 15) is 5.26 Å². The molecule has 0 radical (unpaired) electrons. The Kier molecular flexibility index (Phi) is 6.23. The number of hydrogen-bond acceptors (Lipinski definition) is 9. The zero-order valence-electron chi connectivity index (χ0n) is 23.2. The van der Waals surface area contributed by atoms with E-state index in [-0.39, 0.29) is 39.4 Å². The van der Waals surface area contributed by atoms with Crippen molar-refractivity contribution < 1.29 is 13.5 Å². The molecule has 2 bridgehead atoms. The number of likely N-dealkylation sites (N-methyl/N-ethyl adjacent to an activating group) is 1. The molecule has 4 aromatic rings. The van der Waals surface area contributed by atoms with Crippen LogP contribution in [0.3, 0.4) is 0 Å². The Morgan fingerprint density at radius 2 is 1.98 bits per heavy atom. The Hall–Kier alpha value is -3.65. The summed E-state index contributed by atoms with van der Waals surface area (Å²) in [7, 11) is 2.06. The summed E-state index contributed by atoms with van der Waals surface area (Å²) in [5.74, 6) is 0.908. The van der Waals surface area contributed by atoms with Crippen molar-refractivity contribution in [3.63, 3.8) is 0 Å². The number of nitrogens with zero attached hydrogens (tertiary/aromatic N) is 5. The number of nitrogens with one attached hydrogen (secondary N) is 1. The number of aryl methyl sites for hydroxylation is 1. The van der Waals surface area contributed by atoms with Crippen molar-refractivity contribution in [2.75, 3.05) is 43.9 Å². The molecule has 0 saturated carbocycles. The van der Waals surface area contributed by atoms with Gasteiger partial charge >= 0.3 is 6.01 Å². The van der Waals surface area contributed by atoms with Crippen molar-refractivity contribution in [1.82, 2.24) is 20.2 Å². The molecule has 5 heterocycles. The smallest absolute Gasteiger partial charge is 0.319 e. The summed E-state index contributed by atoms with van der Waals surface area (Å²) in [5, 5.41) is 14.6. The second-order valence-corrected chi connectivity index (χ2v) is 12.1. The van der Waals surface area contributed by atoms with Crippen LogP contribution in [0.5, 0.6) is 6.01 Å². The van der Waals surface area contributed by atoms with Gasteiger partial charge in [0, 0.05) is 59.7 Å². The van der Waals surface area contributed by atoms with Crippen LogP contribution >= 0.6 is 11.6 Å². The lowest BCUT2D eigenvalue weighted by molar-refractivity contribution is 0.0159. The fraction of sp³-hybridized carbons (Fsp3) is 0.433. The largest absolute Gasteiger partial charge is 0.462 e. The molecule has 2 unspecified atom stereocenters. The first-order valence-electron chi connectivity index (χ1n) is 14.0. The van der Waals surface area contributed by atoms with Crippen LogP contribution in [0.15, 0.2) is 22.6 Å². The van der Waals surface area contributed by atoms with Crippen LogP contribution in [0.1, 0.15) is 31.1 Å². The highest BCUT2D eigenvalue weighted by Crippen LogP contribution is 2.45. The highest BCUT2D eigenvalue weighted by atomic mass is 35.5. The molecule has 0 spiro atoms. The van der Waals surface area contributed by atoms with Gasteiger partial charge in [0.15, 0.2) is 5.82 Å². The quantitative estimate of drug-likeness (QED) is 0.321. The van der Waals surface area contributed by atoms with Crippen LogP contribution in [0.25, 0.3) is 33.0 Å². The number of nitrogen functional groups attached to an aromatic ring is 1. The molecule has 9 nitrogen and oxygen atoms in total. The first-order chi connectivity index (χ1) is 19.7. The maximum atomic E-state index is 16.8. The van der Waals surface area contributed by atoms with Crippen LogP contribution in [-0.4, -0.2) is 66.3 Å². The van der Waals surface area contributed by atoms with Gasteiger partial charge in [0.1, 0.15) is 35.4 Å². The van der Waals surface area contributed by atoms with E-state index in [0.29, 0.717) is 58.1 Å². The average Bonchev–Trinajstić information content (AvgIpc) is 3.45. The van der Waals surface area contributed by atoms with E-state index < -0.39 is 5.82 Å². The van der Waals surface area contributed by atoms with E-state index in [4.69, 9.17) is 31.5 Å². The number of piperazine rings is 1. The average molecular weight is 576 g/mol. The summed E-state index contributed by atoms with van der Waals surface area (Å²) in [6.45, 7) is 6.83. The number of aromatic nitrogens is 2. The number of rotatable bonds is 5. The Bertz CT molecular complexity index is 1730. The molecule has 7 rings (SSSR count). The Labute approximate surface area is 242 Å². The molecular formula is C30H31ClFN7O2. The molecule has 0 aliphatic carbocycles. The van der Waals surface area contributed by atoms with Gasteiger partial charge in [-0.1, -0.05) is 18.5 Å². The summed E-state index contributed by atoms with van der Waals surface area (Å²) in [4.78, 5) is 13.8. The Morgan fingerprint density at radius 3 is 2.66 bits per heavy atom. The van der Waals surface area contributed by atoms with Gasteiger partial charge in [-0.2, -0.15) is 15.2 Å². The molecule has 0 amide bonds. The highest BCUT2D eigenvalue weighted by Gasteiger charge is 2.36. The molecule has 3 fully saturated rings. The van der Waals surface area contributed by atoms with Gasteiger partial charge in [-0.3, -0.25) is 4.90 Å². The highest BCUT2D eigenvalue weighted by molar-refractivity contribution is 6.35. The Morgan fingerprint density at radius 1 is 1.22 bits per heavy atom. The molecule has 2 aromatic heterocycles. The number of ether oxygens (including phenoxy) is 1. The number of fused-ring (bicyclic) bond motifs is 4. The minimum atomic E-state index is -0.620. The lowest BCUT2D eigenvalue weighted by Gasteiger charge is -2.43. The first-order valence-corrected chi connectivity index (χ1v) is 14.4. The minimum absolute atomic E-state index is 0.112. The molecule has 4 atom stereocenters. The zero-order chi connectivity index (χ0) is 28.6. The van der Waals surface area contributed by atoms with E-state index in [1.54, 1.807) is 25.1 Å². The van der Waals surface area contributed by atoms with Crippen LogP contribution < -0.4 is 20.7 Å². The molecular weight excluding hydrogens is 545 g/mol. The van der Waals surface area contributed by atoms with Crippen molar-refractivity contribution in [2.24, 2.45) is 5.92 Å². The van der Waals surface area contributed by atoms with Gasteiger partial charge in [-0.05, 0) is 50.9 Å². The topological polar surface area (TPSA) is 116 Å². The van der Waals surface area contributed by atoms with E-state index in [2.05, 4.69) is 40.1 Å². The first kappa shape index (κ1) is 26.3. The lowest BCUT2D eigenvalue weighted by Crippen LogP contribution is -2.55. The third kappa shape index (κ3) is 4.18. The second-order valence-electron chi connectivity index (χ2n) is 11.7. The third-order valence-corrected chi connectivity index (χ3v) is 9.26. The van der Waals surface area contributed by atoms with Crippen molar-refractivity contribution in [2.45, 2.75) is 44.8 Å². The van der Waals surface area contributed by atoms with Gasteiger partial charge in [-0.15, -0.1) is 0 Å². The number of halogens is 2. The SMILES string of the molecule is Cc1oc2ccc(N)c(C#N)c2c1-c1c(Cl)cc2c(N3CC4CCC(C3)N4)nc(OC[C@@H]3[C@H](C)CN3C)nc2c1F. The maximum absolute atomic E-state index is 16.8.